The van der Waals surface area contributed by atoms with Gasteiger partial charge < -0.3 is 10.4 Å². The molecule has 0 spiro atoms. The summed E-state index contributed by atoms with van der Waals surface area (Å²) < 4.78 is 0. The van der Waals surface area contributed by atoms with Crippen LogP contribution in [0.3, 0.4) is 0 Å². The van der Waals surface area contributed by atoms with Gasteiger partial charge in [-0.1, -0.05) is 19.1 Å². The second kappa shape index (κ2) is 5.63. The summed E-state index contributed by atoms with van der Waals surface area (Å²) in [6.07, 6.45) is 4.18. The van der Waals surface area contributed by atoms with Gasteiger partial charge in [0.15, 0.2) is 0 Å². The smallest absolute Gasteiger partial charge is 0.101 e. The van der Waals surface area contributed by atoms with Crippen molar-refractivity contribution in [1.29, 1.82) is 5.26 Å². The largest absolute Gasteiger partial charge is 0.394 e. The van der Waals surface area contributed by atoms with Crippen molar-refractivity contribution in [1.82, 2.24) is 0 Å². The lowest BCUT2D eigenvalue weighted by Gasteiger charge is -2.40. The number of para-hydroxylation sites is 1. The summed E-state index contributed by atoms with van der Waals surface area (Å²) in [5.74, 6) is 0.730. The average molecular weight is 258 g/mol. The average Bonchev–Trinajstić information content (AvgIpc) is 2.44. The lowest BCUT2D eigenvalue weighted by atomic mass is 9.77. The molecule has 2 rings (SSSR count). The molecule has 2 N–H and O–H groups in total. The minimum Gasteiger partial charge on any atom is -0.394 e. The maximum atomic E-state index is 9.80. The number of nitrogens with zero attached hydrogens (tertiary/aromatic N) is 1. The van der Waals surface area contributed by atoms with E-state index >= 15 is 0 Å². The SMILES string of the molecule is Cc1cccc(C#N)c1NC1(CO)CCC(C)CC1. The van der Waals surface area contributed by atoms with E-state index in [9.17, 15) is 10.4 Å². The van der Waals surface area contributed by atoms with E-state index in [4.69, 9.17) is 0 Å². The highest BCUT2D eigenvalue weighted by Crippen LogP contribution is 2.35. The number of aliphatic hydroxyl groups is 1. The van der Waals surface area contributed by atoms with Gasteiger partial charge in [-0.3, -0.25) is 0 Å². The maximum Gasteiger partial charge on any atom is 0.101 e. The fraction of sp³-hybridized carbons (Fsp3) is 0.562. The zero-order valence-corrected chi connectivity index (χ0v) is 11.7. The number of hydrogen-bond acceptors (Lipinski definition) is 3. The van der Waals surface area contributed by atoms with E-state index in [0.717, 1.165) is 42.9 Å². The van der Waals surface area contributed by atoms with Gasteiger partial charge in [-0.05, 0) is 50.2 Å². The Bertz CT molecular complexity index is 482. The number of aryl methyl sites for hydroxylation is 1. The first-order valence-electron chi connectivity index (χ1n) is 6.99. The maximum absolute atomic E-state index is 9.80. The van der Waals surface area contributed by atoms with Crippen LogP contribution in [0.1, 0.15) is 43.7 Å². The molecule has 0 atom stereocenters. The number of nitriles is 1. The van der Waals surface area contributed by atoms with Crippen molar-refractivity contribution in [2.75, 3.05) is 11.9 Å². The fourth-order valence-corrected chi connectivity index (χ4v) is 2.83. The third-order valence-corrected chi connectivity index (χ3v) is 4.32. The van der Waals surface area contributed by atoms with Crippen LogP contribution < -0.4 is 5.32 Å². The first-order valence-corrected chi connectivity index (χ1v) is 6.99. The minimum absolute atomic E-state index is 0.124. The Morgan fingerprint density at radius 3 is 2.68 bits per heavy atom. The molecule has 3 heteroatoms. The molecule has 0 aliphatic heterocycles. The molecule has 0 saturated heterocycles. The lowest BCUT2D eigenvalue weighted by molar-refractivity contribution is 0.155. The summed E-state index contributed by atoms with van der Waals surface area (Å²) in [4.78, 5) is 0. The molecule has 1 aromatic carbocycles. The molecule has 1 aromatic rings. The van der Waals surface area contributed by atoms with Crippen molar-refractivity contribution in [3.63, 3.8) is 0 Å². The number of benzene rings is 1. The van der Waals surface area contributed by atoms with Gasteiger partial charge in [0.05, 0.1) is 23.4 Å². The molecule has 1 aliphatic rings. The molecule has 1 fully saturated rings. The van der Waals surface area contributed by atoms with Crippen LogP contribution in [0.2, 0.25) is 0 Å². The molecule has 102 valence electrons. The van der Waals surface area contributed by atoms with E-state index in [1.54, 1.807) is 0 Å². The molecular weight excluding hydrogens is 236 g/mol. The van der Waals surface area contributed by atoms with Crippen LogP contribution in [0.15, 0.2) is 18.2 Å². The highest BCUT2D eigenvalue weighted by Gasteiger charge is 2.34. The molecule has 1 saturated carbocycles. The number of rotatable bonds is 3. The molecule has 0 aromatic heterocycles. The van der Waals surface area contributed by atoms with Crippen molar-refractivity contribution in [3.05, 3.63) is 29.3 Å². The number of hydrogen-bond donors (Lipinski definition) is 2. The number of nitrogens with one attached hydrogen (secondary N) is 1. The van der Waals surface area contributed by atoms with Gasteiger partial charge in [0.1, 0.15) is 6.07 Å². The quantitative estimate of drug-likeness (QED) is 0.875. The van der Waals surface area contributed by atoms with E-state index < -0.39 is 0 Å². The molecule has 0 unspecified atom stereocenters. The van der Waals surface area contributed by atoms with E-state index in [1.165, 1.54) is 0 Å². The lowest BCUT2D eigenvalue weighted by Crippen LogP contribution is -2.45. The third kappa shape index (κ3) is 2.90. The van der Waals surface area contributed by atoms with Crippen molar-refractivity contribution in [2.24, 2.45) is 5.92 Å². The Morgan fingerprint density at radius 2 is 2.11 bits per heavy atom. The second-order valence-electron chi connectivity index (χ2n) is 5.86. The first kappa shape index (κ1) is 13.9. The Morgan fingerprint density at radius 1 is 1.42 bits per heavy atom. The topological polar surface area (TPSA) is 56.0 Å². The van der Waals surface area contributed by atoms with Gasteiger partial charge in [-0.2, -0.15) is 5.26 Å². The van der Waals surface area contributed by atoms with Gasteiger partial charge in [-0.15, -0.1) is 0 Å². The van der Waals surface area contributed by atoms with Crippen LogP contribution in [-0.2, 0) is 0 Å². The van der Waals surface area contributed by atoms with Crippen molar-refractivity contribution in [3.8, 4) is 6.07 Å². The summed E-state index contributed by atoms with van der Waals surface area (Å²) in [5.41, 5.74) is 2.34. The highest BCUT2D eigenvalue weighted by atomic mass is 16.3. The summed E-state index contributed by atoms with van der Waals surface area (Å²) in [6.45, 7) is 4.38. The molecule has 0 bridgehead atoms. The van der Waals surface area contributed by atoms with Gasteiger partial charge in [0, 0.05) is 0 Å². The monoisotopic (exact) mass is 258 g/mol. The predicted molar refractivity (Wildman–Crippen MR) is 77.0 cm³/mol. The fourth-order valence-electron chi connectivity index (χ4n) is 2.83. The molecule has 0 amide bonds. The van der Waals surface area contributed by atoms with E-state index in [1.807, 2.05) is 25.1 Å². The Labute approximate surface area is 115 Å². The van der Waals surface area contributed by atoms with Gasteiger partial charge in [0.2, 0.25) is 0 Å². The standard InChI is InChI=1S/C16H22N2O/c1-12-6-8-16(11-19,9-7-12)18-15-13(2)4-3-5-14(15)10-17/h3-5,12,18-19H,6-9,11H2,1-2H3. The van der Waals surface area contributed by atoms with Crippen LogP contribution in [0.25, 0.3) is 0 Å². The van der Waals surface area contributed by atoms with Gasteiger partial charge >= 0.3 is 0 Å². The van der Waals surface area contributed by atoms with Gasteiger partial charge in [-0.25, -0.2) is 0 Å². The van der Waals surface area contributed by atoms with Gasteiger partial charge in [0.25, 0.3) is 0 Å². The molecule has 3 nitrogen and oxygen atoms in total. The predicted octanol–water partition coefficient (Wildman–Crippen LogP) is 3.22. The van der Waals surface area contributed by atoms with E-state index in [0.29, 0.717) is 5.56 Å². The Hall–Kier alpha value is -1.53. The van der Waals surface area contributed by atoms with Crippen molar-refractivity contribution >= 4 is 5.69 Å². The van der Waals surface area contributed by atoms with Crippen LogP contribution in [0, 0.1) is 24.2 Å². The first-order chi connectivity index (χ1) is 9.10. The number of aliphatic hydroxyl groups excluding tert-OH is 1. The normalized spacial score (nSPS) is 26.7. The molecule has 19 heavy (non-hydrogen) atoms. The summed E-state index contributed by atoms with van der Waals surface area (Å²) >= 11 is 0. The summed E-state index contributed by atoms with van der Waals surface area (Å²) in [5, 5.41) is 22.5. The van der Waals surface area contributed by atoms with Crippen LogP contribution in [0.5, 0.6) is 0 Å². The molecule has 0 radical (unpaired) electrons. The molecule has 1 aliphatic carbocycles. The minimum atomic E-state index is -0.260. The zero-order chi connectivity index (χ0) is 13.9. The van der Waals surface area contributed by atoms with Crippen molar-refractivity contribution in [2.45, 2.75) is 45.1 Å². The Balaban J connectivity index is 2.26. The van der Waals surface area contributed by atoms with Crippen LogP contribution in [-0.4, -0.2) is 17.3 Å². The summed E-state index contributed by atoms with van der Waals surface area (Å²) in [6, 6.07) is 7.95. The molecule has 0 heterocycles. The van der Waals surface area contributed by atoms with E-state index in [2.05, 4.69) is 18.3 Å². The highest BCUT2D eigenvalue weighted by molar-refractivity contribution is 5.63. The van der Waals surface area contributed by atoms with Crippen LogP contribution in [0.4, 0.5) is 5.69 Å². The second-order valence-corrected chi connectivity index (χ2v) is 5.86. The van der Waals surface area contributed by atoms with E-state index in [-0.39, 0.29) is 12.1 Å². The van der Waals surface area contributed by atoms with Crippen molar-refractivity contribution < 1.29 is 5.11 Å². The third-order valence-electron chi connectivity index (χ3n) is 4.32. The van der Waals surface area contributed by atoms with Crippen LogP contribution >= 0.6 is 0 Å². The molecular formula is C16H22N2O. The summed E-state index contributed by atoms with van der Waals surface area (Å²) in [7, 11) is 0. The Kier molecular flexibility index (Phi) is 4.11. The zero-order valence-electron chi connectivity index (χ0n) is 11.7. The number of anilines is 1.